The largest absolute Gasteiger partial charge is 0.478 e. The second-order valence-corrected chi connectivity index (χ2v) is 3.64. The highest BCUT2D eigenvalue weighted by Gasteiger charge is 2.14. The van der Waals surface area contributed by atoms with E-state index in [1.165, 1.54) is 18.2 Å². The molecular formula is C13H11N3O3. The molecule has 0 bridgehead atoms. The molecule has 0 aromatic heterocycles. The van der Waals surface area contributed by atoms with Crippen molar-refractivity contribution in [2.24, 2.45) is 10.4 Å². The van der Waals surface area contributed by atoms with Crippen molar-refractivity contribution in [3.05, 3.63) is 54.1 Å². The van der Waals surface area contributed by atoms with E-state index >= 15 is 0 Å². The Bertz CT molecular complexity index is 612. The Morgan fingerprint density at radius 3 is 2.53 bits per heavy atom. The zero-order chi connectivity index (χ0) is 13.7. The average molecular weight is 257 g/mol. The van der Waals surface area contributed by atoms with E-state index in [1.54, 1.807) is 24.3 Å². The number of carbonyl (C=O) groups is 1. The van der Waals surface area contributed by atoms with Crippen LogP contribution >= 0.6 is 0 Å². The molecule has 2 aromatic rings. The van der Waals surface area contributed by atoms with Crippen LogP contribution in [0.25, 0.3) is 0 Å². The van der Waals surface area contributed by atoms with Crippen molar-refractivity contribution in [1.82, 2.24) is 0 Å². The molecule has 2 aromatic carbocycles. The van der Waals surface area contributed by atoms with Crippen molar-refractivity contribution in [1.29, 1.82) is 0 Å². The van der Waals surface area contributed by atoms with Gasteiger partial charge in [0.15, 0.2) is 5.75 Å². The summed E-state index contributed by atoms with van der Waals surface area (Å²) in [6.07, 6.45) is 0. The Morgan fingerprint density at radius 1 is 1.11 bits per heavy atom. The number of nitrogen functional groups attached to an aromatic ring is 1. The fourth-order valence-corrected chi connectivity index (χ4v) is 1.43. The van der Waals surface area contributed by atoms with Gasteiger partial charge in [0.2, 0.25) is 0 Å². The summed E-state index contributed by atoms with van der Waals surface area (Å²) in [6, 6.07) is 13.4. The Hall–Kier alpha value is -2.89. The minimum atomic E-state index is -1.14. The number of rotatable bonds is 4. The predicted octanol–water partition coefficient (Wildman–Crippen LogP) is 3.04. The van der Waals surface area contributed by atoms with Crippen LogP contribution in [0.2, 0.25) is 0 Å². The maximum atomic E-state index is 11.0. The number of para-hydroxylation sites is 1. The number of aromatic carboxylic acids is 1. The van der Waals surface area contributed by atoms with E-state index in [0.29, 0.717) is 5.69 Å². The highest BCUT2D eigenvalue weighted by Crippen LogP contribution is 2.27. The van der Waals surface area contributed by atoms with Crippen LogP contribution in [0.5, 0.6) is 5.75 Å². The minimum absolute atomic E-state index is 0.0188. The zero-order valence-corrected chi connectivity index (χ0v) is 9.85. The Kier molecular flexibility index (Phi) is 3.72. The summed E-state index contributed by atoms with van der Waals surface area (Å²) in [7, 11) is 0. The van der Waals surface area contributed by atoms with Gasteiger partial charge in [0, 0.05) is 5.28 Å². The van der Waals surface area contributed by atoms with Crippen molar-refractivity contribution in [3.8, 4) is 5.75 Å². The summed E-state index contributed by atoms with van der Waals surface area (Å²) < 4.78 is 0. The Labute approximate surface area is 109 Å². The second-order valence-electron chi connectivity index (χ2n) is 3.64. The number of nitrogens with zero attached hydrogens (tertiary/aromatic N) is 2. The van der Waals surface area contributed by atoms with Crippen molar-refractivity contribution in [3.63, 3.8) is 0 Å². The van der Waals surface area contributed by atoms with Gasteiger partial charge in [-0.3, -0.25) is 0 Å². The SMILES string of the molecule is Nc1cccc(C(=O)O)c1ON=Nc1ccccc1. The third kappa shape index (κ3) is 3.06. The average Bonchev–Trinajstić information content (AvgIpc) is 2.41. The molecule has 0 saturated carbocycles. The first-order valence-corrected chi connectivity index (χ1v) is 5.43. The van der Waals surface area contributed by atoms with Crippen molar-refractivity contribution in [2.75, 3.05) is 5.73 Å². The lowest BCUT2D eigenvalue weighted by Crippen LogP contribution is -2.02. The van der Waals surface area contributed by atoms with Crippen LogP contribution in [-0.4, -0.2) is 11.1 Å². The highest BCUT2D eigenvalue weighted by atomic mass is 16.6. The van der Waals surface area contributed by atoms with E-state index in [0.717, 1.165) is 0 Å². The van der Waals surface area contributed by atoms with Crippen LogP contribution in [0.15, 0.2) is 58.9 Å². The number of benzene rings is 2. The molecule has 0 heterocycles. The van der Waals surface area contributed by atoms with E-state index in [2.05, 4.69) is 10.4 Å². The van der Waals surface area contributed by atoms with Gasteiger partial charge in [0.1, 0.15) is 5.56 Å². The van der Waals surface area contributed by atoms with Gasteiger partial charge < -0.3 is 15.7 Å². The van der Waals surface area contributed by atoms with Crippen LogP contribution in [0.1, 0.15) is 10.4 Å². The van der Waals surface area contributed by atoms with Crippen LogP contribution < -0.4 is 10.6 Å². The number of hydrogen-bond acceptors (Lipinski definition) is 5. The summed E-state index contributed by atoms with van der Waals surface area (Å²) in [5, 5.41) is 16.3. The third-order valence-electron chi connectivity index (χ3n) is 2.32. The standard InChI is InChI=1S/C13H11N3O3/c14-11-8-4-7-10(13(17)18)12(11)19-16-15-9-5-2-1-3-6-9/h1-8H,14H2,(H,17,18). The Balaban J connectivity index is 2.20. The molecule has 6 heteroatoms. The summed E-state index contributed by atoms with van der Waals surface area (Å²) in [5.41, 5.74) is 6.36. The maximum absolute atomic E-state index is 11.0. The molecule has 3 N–H and O–H groups in total. The van der Waals surface area contributed by atoms with E-state index in [1.807, 2.05) is 6.07 Å². The lowest BCUT2D eigenvalue weighted by molar-refractivity contribution is 0.0692. The first kappa shape index (κ1) is 12.6. The molecule has 0 aliphatic heterocycles. The lowest BCUT2D eigenvalue weighted by Gasteiger charge is -2.05. The van der Waals surface area contributed by atoms with E-state index < -0.39 is 5.97 Å². The topological polar surface area (TPSA) is 97.3 Å². The van der Waals surface area contributed by atoms with E-state index in [-0.39, 0.29) is 17.0 Å². The summed E-state index contributed by atoms with van der Waals surface area (Å²) >= 11 is 0. The van der Waals surface area contributed by atoms with Gasteiger partial charge in [0.25, 0.3) is 0 Å². The number of nitrogens with two attached hydrogens (primary N) is 1. The molecule has 6 nitrogen and oxygen atoms in total. The molecule has 0 amide bonds. The molecule has 0 aliphatic carbocycles. The summed E-state index contributed by atoms with van der Waals surface area (Å²) in [5.74, 6) is -1.16. The number of carboxylic acid groups (broad SMARTS) is 1. The van der Waals surface area contributed by atoms with E-state index in [9.17, 15) is 4.79 Å². The molecule has 0 fully saturated rings. The van der Waals surface area contributed by atoms with Crippen LogP contribution in [0, 0.1) is 0 Å². The number of anilines is 1. The fraction of sp³-hybridized carbons (Fsp3) is 0. The monoisotopic (exact) mass is 257 g/mol. The van der Waals surface area contributed by atoms with Gasteiger partial charge in [-0.05, 0) is 24.3 Å². The van der Waals surface area contributed by atoms with E-state index in [4.69, 9.17) is 15.7 Å². The van der Waals surface area contributed by atoms with Crippen molar-refractivity contribution < 1.29 is 14.7 Å². The first-order chi connectivity index (χ1) is 9.18. The van der Waals surface area contributed by atoms with Gasteiger partial charge in [-0.2, -0.15) is 0 Å². The molecule has 0 unspecified atom stereocenters. The predicted molar refractivity (Wildman–Crippen MR) is 69.4 cm³/mol. The maximum Gasteiger partial charge on any atom is 0.339 e. The van der Waals surface area contributed by atoms with Gasteiger partial charge in [-0.25, -0.2) is 4.79 Å². The quantitative estimate of drug-likeness (QED) is 0.499. The normalized spacial score (nSPS) is 10.5. The molecule has 0 saturated heterocycles. The van der Waals surface area contributed by atoms with Gasteiger partial charge in [-0.1, -0.05) is 24.3 Å². The molecule has 0 atom stereocenters. The summed E-state index contributed by atoms with van der Waals surface area (Å²) in [4.78, 5) is 16.0. The molecule has 0 spiro atoms. The van der Waals surface area contributed by atoms with Gasteiger partial charge in [0.05, 0.1) is 11.4 Å². The minimum Gasteiger partial charge on any atom is -0.478 e. The third-order valence-corrected chi connectivity index (χ3v) is 2.32. The van der Waals surface area contributed by atoms with Crippen LogP contribution in [0.3, 0.4) is 0 Å². The van der Waals surface area contributed by atoms with Crippen LogP contribution in [0.4, 0.5) is 11.4 Å². The first-order valence-electron chi connectivity index (χ1n) is 5.43. The Morgan fingerprint density at radius 2 is 1.84 bits per heavy atom. The van der Waals surface area contributed by atoms with Crippen molar-refractivity contribution >= 4 is 17.3 Å². The highest BCUT2D eigenvalue weighted by molar-refractivity contribution is 5.93. The fourth-order valence-electron chi connectivity index (χ4n) is 1.43. The lowest BCUT2D eigenvalue weighted by atomic mass is 10.2. The number of carboxylic acids is 1. The molecule has 96 valence electrons. The molecule has 19 heavy (non-hydrogen) atoms. The smallest absolute Gasteiger partial charge is 0.339 e. The zero-order valence-electron chi connectivity index (χ0n) is 9.85. The molecule has 0 aliphatic rings. The van der Waals surface area contributed by atoms with Crippen LogP contribution in [-0.2, 0) is 0 Å². The molecule has 0 radical (unpaired) electrons. The van der Waals surface area contributed by atoms with Gasteiger partial charge in [-0.15, -0.1) is 5.11 Å². The summed E-state index contributed by atoms with van der Waals surface area (Å²) in [6.45, 7) is 0. The second kappa shape index (κ2) is 5.63. The number of hydrogen-bond donors (Lipinski definition) is 2. The molecular weight excluding hydrogens is 246 g/mol. The van der Waals surface area contributed by atoms with Crippen molar-refractivity contribution in [2.45, 2.75) is 0 Å². The van der Waals surface area contributed by atoms with Gasteiger partial charge >= 0.3 is 5.97 Å². The molecule has 2 rings (SSSR count).